The number of benzene rings is 2. The number of carbonyl (C=O) groups excluding carboxylic acids is 1. The van der Waals surface area contributed by atoms with Gasteiger partial charge in [0.05, 0.1) is 21.8 Å². The number of aromatic nitrogens is 1. The van der Waals surface area contributed by atoms with Crippen LogP contribution in [0, 0.1) is 0 Å². The van der Waals surface area contributed by atoms with Gasteiger partial charge in [0, 0.05) is 66.1 Å². The quantitative estimate of drug-likeness (QED) is 0.376. The molecule has 0 aliphatic carbocycles. The largest absolute Gasteiger partial charge is 0.384 e. The zero-order chi connectivity index (χ0) is 25.3. The fourth-order valence-corrected chi connectivity index (χ4v) is 5.24. The van der Waals surface area contributed by atoms with Crippen molar-refractivity contribution in [3.05, 3.63) is 70.5 Å². The molecule has 1 fully saturated rings. The van der Waals surface area contributed by atoms with Crippen LogP contribution >= 0.6 is 23.2 Å². The van der Waals surface area contributed by atoms with E-state index in [9.17, 15) is 4.79 Å². The summed E-state index contributed by atoms with van der Waals surface area (Å²) in [6.45, 7) is 7.16. The van der Waals surface area contributed by atoms with Gasteiger partial charge in [-0.2, -0.15) is 0 Å². The molecule has 2 aromatic carbocycles. The van der Waals surface area contributed by atoms with Crippen molar-refractivity contribution in [1.82, 2.24) is 10.3 Å². The van der Waals surface area contributed by atoms with Crippen LogP contribution in [0.15, 0.2) is 54.7 Å². The lowest BCUT2D eigenvalue weighted by Gasteiger charge is -2.30. The number of anilines is 3. The van der Waals surface area contributed by atoms with Gasteiger partial charge < -0.3 is 15.4 Å². The number of hydrogen-bond donors (Lipinski definition) is 2. The Balaban J connectivity index is 1.41. The highest BCUT2D eigenvalue weighted by Gasteiger charge is 2.42. The molecular weight excluding hydrogens is 495 g/mol. The first kappa shape index (κ1) is 25.0. The maximum atomic E-state index is 14.0. The summed E-state index contributed by atoms with van der Waals surface area (Å²) in [4.78, 5) is 20.3. The molecule has 1 saturated heterocycles. The van der Waals surface area contributed by atoms with Crippen molar-refractivity contribution in [1.29, 1.82) is 0 Å². The zero-order valence-electron chi connectivity index (χ0n) is 20.5. The van der Waals surface area contributed by atoms with Crippen molar-refractivity contribution in [2.45, 2.75) is 38.1 Å². The van der Waals surface area contributed by atoms with Crippen LogP contribution in [0.2, 0.25) is 10.0 Å². The second kappa shape index (κ2) is 10.4. The van der Waals surface area contributed by atoms with E-state index in [1.54, 1.807) is 11.1 Å². The molecule has 0 saturated carbocycles. The van der Waals surface area contributed by atoms with Gasteiger partial charge in [-0.25, -0.2) is 0 Å². The van der Waals surface area contributed by atoms with E-state index in [1.165, 1.54) is 0 Å². The van der Waals surface area contributed by atoms with Crippen LogP contribution in [-0.2, 0) is 14.9 Å². The van der Waals surface area contributed by atoms with Crippen LogP contribution in [0.1, 0.15) is 32.4 Å². The Labute approximate surface area is 222 Å². The first-order chi connectivity index (χ1) is 17.3. The number of pyridine rings is 1. The lowest BCUT2D eigenvalue weighted by molar-refractivity contribution is -0.122. The van der Waals surface area contributed by atoms with E-state index in [2.05, 4.69) is 15.6 Å². The van der Waals surface area contributed by atoms with Crippen molar-refractivity contribution < 1.29 is 9.53 Å². The predicted octanol–water partition coefficient (Wildman–Crippen LogP) is 6.19. The zero-order valence-corrected chi connectivity index (χ0v) is 22.0. The lowest BCUT2D eigenvalue weighted by atomic mass is 9.84. The molecule has 2 aliphatic rings. The summed E-state index contributed by atoms with van der Waals surface area (Å²) in [7, 11) is 0. The molecule has 1 amide bonds. The van der Waals surface area contributed by atoms with Gasteiger partial charge in [-0.3, -0.25) is 14.7 Å². The number of amides is 1. The van der Waals surface area contributed by atoms with Gasteiger partial charge in [0.1, 0.15) is 0 Å². The minimum Gasteiger partial charge on any atom is -0.384 e. The highest BCUT2D eigenvalue weighted by molar-refractivity contribution is 6.32. The molecule has 0 spiro atoms. The Morgan fingerprint density at radius 3 is 2.50 bits per heavy atom. The molecule has 2 aliphatic heterocycles. The minimum absolute atomic E-state index is 0.0824. The number of nitrogens with one attached hydrogen (secondary N) is 2. The Kier molecular flexibility index (Phi) is 7.22. The van der Waals surface area contributed by atoms with Gasteiger partial charge in [-0.1, -0.05) is 29.3 Å². The fraction of sp³-hybridized carbons (Fsp3) is 0.357. The molecule has 3 aromatic rings. The fourth-order valence-electron chi connectivity index (χ4n) is 4.92. The highest BCUT2D eigenvalue weighted by atomic mass is 35.5. The van der Waals surface area contributed by atoms with E-state index in [-0.39, 0.29) is 5.91 Å². The number of carbonyl (C=O) groups is 1. The molecule has 6 nitrogen and oxygen atoms in total. The molecule has 8 heteroatoms. The summed E-state index contributed by atoms with van der Waals surface area (Å²) in [5.41, 5.74) is 4.00. The molecule has 1 aromatic heterocycles. The van der Waals surface area contributed by atoms with Gasteiger partial charge in [0.25, 0.3) is 0 Å². The third kappa shape index (κ3) is 4.96. The Hall–Kier alpha value is -2.64. The second-order valence-electron chi connectivity index (χ2n) is 9.79. The number of ether oxygens (including phenoxy) is 1. The Morgan fingerprint density at radius 2 is 1.75 bits per heavy atom. The molecule has 188 valence electrons. The average Bonchev–Trinajstić information content (AvgIpc) is 2.94. The van der Waals surface area contributed by atoms with E-state index >= 15 is 0 Å². The average molecular weight is 525 g/mol. The smallest absolute Gasteiger partial charge is 0.243 e. The monoisotopic (exact) mass is 524 g/mol. The molecule has 0 radical (unpaired) electrons. The Bertz CT molecular complexity index is 1260. The maximum Gasteiger partial charge on any atom is 0.243 e. The van der Waals surface area contributed by atoms with E-state index in [0.717, 1.165) is 61.6 Å². The molecule has 36 heavy (non-hydrogen) atoms. The molecule has 0 unspecified atom stereocenters. The predicted molar refractivity (Wildman–Crippen MR) is 147 cm³/mol. The first-order valence-electron chi connectivity index (χ1n) is 12.3. The number of hydrogen-bond acceptors (Lipinski definition) is 5. The van der Waals surface area contributed by atoms with Crippen molar-refractivity contribution >= 4 is 46.2 Å². The molecular formula is C28H30Cl2N4O2. The third-order valence-electron chi connectivity index (χ3n) is 6.91. The van der Waals surface area contributed by atoms with Gasteiger partial charge in [-0.05, 0) is 69.2 Å². The number of halogens is 2. The minimum atomic E-state index is -0.877. The SMILES string of the molecule is CC1(C)C(=O)N(c2ccc(NCCNC3CCOCC3)cc2)c2cc(Cl)ccc2-c2cc(Cl)cnc21. The van der Waals surface area contributed by atoms with Crippen molar-refractivity contribution in [2.24, 2.45) is 0 Å². The standard InChI is InChI=1S/C28H30Cl2N4O2/c1-28(2)26-24(15-19(30)17-33-26)23-8-3-18(29)16-25(23)34(27(28)35)22-6-4-20(5-7-22)31-11-12-32-21-9-13-36-14-10-21/h3-8,15-17,21,31-32H,9-14H2,1-2H3. The summed E-state index contributed by atoms with van der Waals surface area (Å²) in [6, 6.07) is 15.9. The summed E-state index contributed by atoms with van der Waals surface area (Å²) in [5, 5.41) is 8.12. The Morgan fingerprint density at radius 1 is 1.00 bits per heavy atom. The molecule has 0 atom stereocenters. The first-order valence-corrected chi connectivity index (χ1v) is 13.1. The van der Waals surface area contributed by atoms with Crippen LogP contribution in [0.4, 0.5) is 17.1 Å². The topological polar surface area (TPSA) is 66.5 Å². The second-order valence-corrected chi connectivity index (χ2v) is 10.7. The number of rotatable bonds is 6. The van der Waals surface area contributed by atoms with Crippen LogP contribution in [0.3, 0.4) is 0 Å². The van der Waals surface area contributed by atoms with E-state index in [0.29, 0.717) is 27.5 Å². The van der Waals surface area contributed by atoms with Crippen molar-refractivity contribution in [2.75, 3.05) is 36.5 Å². The van der Waals surface area contributed by atoms with Crippen molar-refractivity contribution in [3.8, 4) is 11.1 Å². The van der Waals surface area contributed by atoms with Gasteiger partial charge in [0.15, 0.2) is 0 Å². The van der Waals surface area contributed by atoms with Crippen LogP contribution in [0.5, 0.6) is 0 Å². The van der Waals surface area contributed by atoms with Crippen LogP contribution in [0.25, 0.3) is 11.1 Å². The van der Waals surface area contributed by atoms with Crippen LogP contribution < -0.4 is 15.5 Å². The molecule has 2 N–H and O–H groups in total. The molecule has 3 heterocycles. The molecule has 0 bridgehead atoms. The highest BCUT2D eigenvalue weighted by Crippen LogP contribution is 2.46. The van der Waals surface area contributed by atoms with Crippen LogP contribution in [-0.4, -0.2) is 43.2 Å². The van der Waals surface area contributed by atoms with Crippen molar-refractivity contribution in [3.63, 3.8) is 0 Å². The summed E-state index contributed by atoms with van der Waals surface area (Å²) in [6.07, 6.45) is 3.72. The normalized spacial score (nSPS) is 17.3. The van der Waals surface area contributed by atoms with E-state index in [1.807, 2.05) is 62.4 Å². The lowest BCUT2D eigenvalue weighted by Crippen LogP contribution is -2.40. The number of fused-ring (bicyclic) bond motifs is 3. The maximum absolute atomic E-state index is 14.0. The van der Waals surface area contributed by atoms with E-state index < -0.39 is 5.41 Å². The third-order valence-corrected chi connectivity index (χ3v) is 7.35. The van der Waals surface area contributed by atoms with Gasteiger partial charge in [-0.15, -0.1) is 0 Å². The number of nitrogens with zero attached hydrogens (tertiary/aromatic N) is 2. The summed E-state index contributed by atoms with van der Waals surface area (Å²) < 4.78 is 5.42. The van der Waals surface area contributed by atoms with Gasteiger partial charge in [0.2, 0.25) is 5.91 Å². The summed E-state index contributed by atoms with van der Waals surface area (Å²) >= 11 is 12.7. The molecule has 5 rings (SSSR count). The van der Waals surface area contributed by atoms with E-state index in [4.69, 9.17) is 27.9 Å². The summed E-state index contributed by atoms with van der Waals surface area (Å²) in [5.74, 6) is -0.0824. The van der Waals surface area contributed by atoms with Gasteiger partial charge >= 0.3 is 0 Å².